The lowest BCUT2D eigenvalue weighted by molar-refractivity contribution is 0.138. The van der Waals surface area contributed by atoms with Crippen LogP contribution in [0.5, 0.6) is 0 Å². The standard InChI is InChI=1S/C19H24N4O/c1-14-7-8-17-19(15(14)2)22-18(21-17)13-23(10-11-24-3)12-16-6-4-5-9-20-16/h4-9H,10-13H2,1-3H3,(H,21,22). The molecule has 0 amide bonds. The van der Waals surface area contributed by atoms with E-state index in [2.05, 4.69) is 40.8 Å². The molecule has 24 heavy (non-hydrogen) atoms. The van der Waals surface area contributed by atoms with Crippen LogP contribution in [0.1, 0.15) is 22.6 Å². The molecule has 2 heterocycles. The van der Waals surface area contributed by atoms with Crippen LogP contribution in [-0.2, 0) is 17.8 Å². The van der Waals surface area contributed by atoms with E-state index in [4.69, 9.17) is 9.72 Å². The molecule has 0 unspecified atom stereocenters. The van der Waals surface area contributed by atoms with Crippen LogP contribution in [0.4, 0.5) is 0 Å². The second kappa shape index (κ2) is 7.55. The van der Waals surface area contributed by atoms with Crippen molar-refractivity contribution in [2.24, 2.45) is 0 Å². The SMILES string of the molecule is COCCN(Cc1ccccn1)Cc1nc2c(C)c(C)ccc2[nH]1. The van der Waals surface area contributed by atoms with Crippen molar-refractivity contribution in [1.82, 2.24) is 19.9 Å². The molecule has 3 aromatic rings. The zero-order valence-electron chi connectivity index (χ0n) is 14.5. The molecule has 0 aliphatic rings. The minimum Gasteiger partial charge on any atom is -0.383 e. The largest absolute Gasteiger partial charge is 0.383 e. The molecule has 0 fully saturated rings. The third-order valence-corrected chi connectivity index (χ3v) is 4.32. The van der Waals surface area contributed by atoms with E-state index in [9.17, 15) is 0 Å². The Morgan fingerprint density at radius 2 is 2.00 bits per heavy atom. The number of aryl methyl sites for hydroxylation is 2. The quantitative estimate of drug-likeness (QED) is 0.725. The van der Waals surface area contributed by atoms with Gasteiger partial charge in [0.05, 0.1) is 29.9 Å². The number of aromatic amines is 1. The summed E-state index contributed by atoms with van der Waals surface area (Å²) in [7, 11) is 1.73. The van der Waals surface area contributed by atoms with E-state index >= 15 is 0 Å². The van der Waals surface area contributed by atoms with Crippen molar-refractivity contribution in [2.45, 2.75) is 26.9 Å². The van der Waals surface area contributed by atoms with Crippen molar-refractivity contribution in [3.05, 3.63) is 59.2 Å². The minimum absolute atomic E-state index is 0.686. The summed E-state index contributed by atoms with van der Waals surface area (Å²) in [5.41, 5.74) is 5.72. The molecule has 0 saturated heterocycles. The lowest BCUT2D eigenvalue weighted by Crippen LogP contribution is -2.27. The molecule has 0 saturated carbocycles. The molecular weight excluding hydrogens is 300 g/mol. The van der Waals surface area contributed by atoms with E-state index in [0.29, 0.717) is 6.61 Å². The van der Waals surface area contributed by atoms with Crippen LogP contribution in [-0.4, -0.2) is 40.1 Å². The molecule has 0 aliphatic heterocycles. The number of hydrogen-bond donors (Lipinski definition) is 1. The number of benzene rings is 1. The zero-order valence-corrected chi connectivity index (χ0v) is 14.5. The number of rotatable bonds is 7. The van der Waals surface area contributed by atoms with Crippen molar-refractivity contribution >= 4 is 11.0 Å². The van der Waals surface area contributed by atoms with E-state index in [0.717, 1.165) is 42.2 Å². The molecule has 1 N–H and O–H groups in total. The Labute approximate surface area is 142 Å². The second-order valence-electron chi connectivity index (χ2n) is 6.11. The van der Waals surface area contributed by atoms with Crippen molar-refractivity contribution in [2.75, 3.05) is 20.3 Å². The van der Waals surface area contributed by atoms with Crippen LogP contribution in [0.25, 0.3) is 11.0 Å². The fraction of sp³-hybridized carbons (Fsp3) is 0.368. The van der Waals surface area contributed by atoms with Crippen molar-refractivity contribution in [3.63, 3.8) is 0 Å². The molecule has 0 radical (unpaired) electrons. The van der Waals surface area contributed by atoms with Gasteiger partial charge in [-0.1, -0.05) is 12.1 Å². The average Bonchev–Trinajstić information content (AvgIpc) is 3.00. The summed E-state index contributed by atoms with van der Waals surface area (Å²) in [6.45, 7) is 7.29. The molecule has 5 heteroatoms. The number of fused-ring (bicyclic) bond motifs is 1. The average molecular weight is 324 g/mol. The molecule has 0 atom stereocenters. The Hall–Kier alpha value is -2.24. The van der Waals surface area contributed by atoms with Crippen LogP contribution in [0, 0.1) is 13.8 Å². The first kappa shape index (κ1) is 16.6. The summed E-state index contributed by atoms with van der Waals surface area (Å²) in [5, 5.41) is 0. The highest BCUT2D eigenvalue weighted by Crippen LogP contribution is 2.20. The summed E-state index contributed by atoms with van der Waals surface area (Å²) >= 11 is 0. The number of pyridine rings is 1. The summed E-state index contributed by atoms with van der Waals surface area (Å²) in [4.78, 5) is 15.0. The Balaban J connectivity index is 1.80. The van der Waals surface area contributed by atoms with Gasteiger partial charge in [-0.25, -0.2) is 4.98 Å². The van der Waals surface area contributed by atoms with E-state index in [1.54, 1.807) is 7.11 Å². The Bertz CT molecular complexity index is 798. The number of nitrogens with one attached hydrogen (secondary N) is 1. The number of methoxy groups -OCH3 is 1. The Morgan fingerprint density at radius 1 is 1.12 bits per heavy atom. The van der Waals surface area contributed by atoms with Gasteiger partial charge in [0.2, 0.25) is 0 Å². The summed E-state index contributed by atoms with van der Waals surface area (Å²) in [5.74, 6) is 0.978. The normalized spacial score (nSPS) is 11.5. The third-order valence-electron chi connectivity index (χ3n) is 4.32. The number of aromatic nitrogens is 3. The van der Waals surface area contributed by atoms with Gasteiger partial charge >= 0.3 is 0 Å². The lowest BCUT2D eigenvalue weighted by atomic mass is 10.1. The molecule has 0 bridgehead atoms. The van der Waals surface area contributed by atoms with Crippen LogP contribution in [0.15, 0.2) is 36.5 Å². The van der Waals surface area contributed by atoms with E-state index in [-0.39, 0.29) is 0 Å². The predicted molar refractivity (Wildman–Crippen MR) is 95.8 cm³/mol. The molecular formula is C19H24N4O. The van der Waals surface area contributed by atoms with Crippen molar-refractivity contribution in [3.8, 4) is 0 Å². The maximum absolute atomic E-state index is 5.25. The van der Waals surface area contributed by atoms with Gasteiger partial charge in [-0.3, -0.25) is 9.88 Å². The van der Waals surface area contributed by atoms with E-state index < -0.39 is 0 Å². The number of ether oxygens (including phenoxy) is 1. The predicted octanol–water partition coefficient (Wildman–Crippen LogP) is 3.22. The highest BCUT2D eigenvalue weighted by Gasteiger charge is 2.12. The van der Waals surface area contributed by atoms with Crippen molar-refractivity contribution < 1.29 is 4.74 Å². The molecule has 1 aromatic carbocycles. The molecule has 0 spiro atoms. The monoisotopic (exact) mass is 324 g/mol. The second-order valence-corrected chi connectivity index (χ2v) is 6.11. The summed E-state index contributed by atoms with van der Waals surface area (Å²) in [6, 6.07) is 10.2. The van der Waals surface area contributed by atoms with Gasteiger partial charge in [0, 0.05) is 26.4 Å². The maximum atomic E-state index is 5.25. The number of imidazole rings is 1. The molecule has 5 nitrogen and oxygen atoms in total. The third kappa shape index (κ3) is 3.80. The molecule has 0 aliphatic carbocycles. The Kier molecular flexibility index (Phi) is 5.23. The van der Waals surface area contributed by atoms with Gasteiger partial charge in [-0.05, 0) is 43.2 Å². The fourth-order valence-electron chi connectivity index (χ4n) is 2.81. The summed E-state index contributed by atoms with van der Waals surface area (Å²) in [6.07, 6.45) is 1.83. The first-order chi connectivity index (χ1) is 11.7. The Morgan fingerprint density at radius 3 is 2.75 bits per heavy atom. The van der Waals surface area contributed by atoms with Gasteiger partial charge in [-0.15, -0.1) is 0 Å². The van der Waals surface area contributed by atoms with Gasteiger partial charge in [0.15, 0.2) is 0 Å². The number of H-pyrrole nitrogens is 1. The lowest BCUT2D eigenvalue weighted by Gasteiger charge is -2.20. The highest BCUT2D eigenvalue weighted by atomic mass is 16.5. The summed E-state index contributed by atoms with van der Waals surface area (Å²) < 4.78 is 5.25. The van der Waals surface area contributed by atoms with Crippen LogP contribution < -0.4 is 0 Å². The van der Waals surface area contributed by atoms with Gasteiger partial charge < -0.3 is 9.72 Å². The smallest absolute Gasteiger partial charge is 0.121 e. The van der Waals surface area contributed by atoms with E-state index in [1.807, 2.05) is 24.4 Å². The minimum atomic E-state index is 0.686. The number of nitrogens with zero attached hydrogens (tertiary/aromatic N) is 3. The molecule has 126 valence electrons. The van der Waals surface area contributed by atoms with Gasteiger partial charge in [0.25, 0.3) is 0 Å². The van der Waals surface area contributed by atoms with Gasteiger partial charge in [0.1, 0.15) is 5.82 Å². The first-order valence-electron chi connectivity index (χ1n) is 8.23. The highest BCUT2D eigenvalue weighted by molar-refractivity contribution is 5.79. The maximum Gasteiger partial charge on any atom is 0.121 e. The van der Waals surface area contributed by atoms with Crippen LogP contribution >= 0.6 is 0 Å². The topological polar surface area (TPSA) is 54.0 Å². The number of hydrogen-bond acceptors (Lipinski definition) is 4. The van der Waals surface area contributed by atoms with Crippen molar-refractivity contribution in [1.29, 1.82) is 0 Å². The fourth-order valence-corrected chi connectivity index (χ4v) is 2.81. The molecule has 2 aromatic heterocycles. The molecule has 3 rings (SSSR count). The van der Waals surface area contributed by atoms with E-state index in [1.165, 1.54) is 11.1 Å². The first-order valence-corrected chi connectivity index (χ1v) is 8.23. The van der Waals surface area contributed by atoms with Gasteiger partial charge in [-0.2, -0.15) is 0 Å². The zero-order chi connectivity index (χ0) is 16.9. The van der Waals surface area contributed by atoms with Crippen LogP contribution in [0.2, 0.25) is 0 Å². The van der Waals surface area contributed by atoms with Crippen LogP contribution in [0.3, 0.4) is 0 Å².